The molecule has 2 nitrogen and oxygen atoms in total. The van der Waals surface area contributed by atoms with Gasteiger partial charge in [-0.1, -0.05) is 22.0 Å². The topological polar surface area (TPSA) is 34.1 Å². The third kappa shape index (κ3) is 3.78. The zero-order valence-corrected chi connectivity index (χ0v) is 11.5. The van der Waals surface area contributed by atoms with Gasteiger partial charge >= 0.3 is 0 Å². The smallest absolute Gasteiger partial charge is 0.175 e. The van der Waals surface area contributed by atoms with E-state index in [1.54, 1.807) is 6.07 Å². The second kappa shape index (κ2) is 5.32. The predicted octanol–water partition coefficient (Wildman–Crippen LogP) is 3.02. The highest BCUT2D eigenvalue weighted by Gasteiger charge is 2.13. The minimum atomic E-state index is -3.16. The first kappa shape index (κ1) is 13.0. The summed E-state index contributed by atoms with van der Waals surface area (Å²) in [5.74, 6) is 0.541. The Morgan fingerprint density at radius 2 is 2.07 bits per heavy atom. The highest BCUT2D eigenvalue weighted by molar-refractivity contribution is 9.10. The van der Waals surface area contributed by atoms with Crippen LogP contribution in [0.3, 0.4) is 0 Å². The molecule has 0 atom stereocenters. The lowest BCUT2D eigenvalue weighted by molar-refractivity contribution is 0.600. The fourth-order valence-corrected chi connectivity index (χ4v) is 2.97. The molecule has 0 radical (unpaired) electrons. The first-order valence-electron chi connectivity index (χ1n) is 4.49. The third-order valence-corrected chi connectivity index (χ3v) is 3.95. The van der Waals surface area contributed by atoms with Gasteiger partial charge in [-0.2, -0.15) is 0 Å². The van der Waals surface area contributed by atoms with Gasteiger partial charge in [0.05, 0.1) is 4.90 Å². The van der Waals surface area contributed by atoms with Gasteiger partial charge in [-0.15, -0.1) is 11.6 Å². The number of benzene rings is 1. The van der Waals surface area contributed by atoms with E-state index in [0.29, 0.717) is 17.2 Å². The summed E-state index contributed by atoms with van der Waals surface area (Å²) in [6.45, 7) is 0. The number of halogens is 2. The van der Waals surface area contributed by atoms with Gasteiger partial charge in [0.15, 0.2) is 9.84 Å². The van der Waals surface area contributed by atoms with E-state index in [1.165, 1.54) is 6.26 Å². The molecule has 1 aromatic rings. The summed E-state index contributed by atoms with van der Waals surface area (Å²) >= 11 is 8.86. The molecule has 0 heterocycles. The zero-order chi connectivity index (χ0) is 11.5. The number of aryl methyl sites for hydroxylation is 1. The quantitative estimate of drug-likeness (QED) is 0.801. The lowest BCUT2D eigenvalue weighted by atomic mass is 10.1. The fourth-order valence-electron chi connectivity index (χ4n) is 1.34. The fraction of sp³-hybridized carbons (Fsp3) is 0.400. The maximum absolute atomic E-state index is 11.5. The summed E-state index contributed by atoms with van der Waals surface area (Å²) in [5.41, 5.74) is 0.835. The number of hydrogen-bond donors (Lipinski definition) is 0. The number of hydrogen-bond acceptors (Lipinski definition) is 2. The van der Waals surface area contributed by atoms with Gasteiger partial charge in [-0.05, 0) is 30.5 Å². The molecule has 1 rings (SSSR count). The summed E-state index contributed by atoms with van der Waals surface area (Å²) < 4.78 is 23.8. The van der Waals surface area contributed by atoms with Crippen molar-refractivity contribution in [1.29, 1.82) is 0 Å². The Bertz CT molecular complexity index is 443. The highest BCUT2D eigenvalue weighted by atomic mass is 79.9. The van der Waals surface area contributed by atoms with Crippen molar-refractivity contribution in [2.24, 2.45) is 0 Å². The maximum Gasteiger partial charge on any atom is 0.175 e. The lowest BCUT2D eigenvalue weighted by Crippen LogP contribution is -2.03. The number of rotatable bonds is 4. The normalized spacial score (nSPS) is 11.7. The molecule has 15 heavy (non-hydrogen) atoms. The van der Waals surface area contributed by atoms with Crippen molar-refractivity contribution in [3.05, 3.63) is 28.2 Å². The standard InChI is InChI=1S/C10H12BrClO2S/c1-15(13,14)10-7-9(11)5-4-8(10)3-2-6-12/h4-5,7H,2-3,6H2,1H3. The zero-order valence-electron chi connectivity index (χ0n) is 8.33. The van der Waals surface area contributed by atoms with E-state index in [1.807, 2.05) is 12.1 Å². The summed E-state index contributed by atoms with van der Waals surface area (Å²) in [6.07, 6.45) is 2.70. The van der Waals surface area contributed by atoms with E-state index < -0.39 is 9.84 Å². The summed E-state index contributed by atoms with van der Waals surface area (Å²) in [6, 6.07) is 5.31. The Balaban J connectivity index is 3.15. The monoisotopic (exact) mass is 310 g/mol. The van der Waals surface area contributed by atoms with Gasteiger partial charge in [0.25, 0.3) is 0 Å². The van der Waals surface area contributed by atoms with Gasteiger partial charge in [0.1, 0.15) is 0 Å². The van der Waals surface area contributed by atoms with Crippen LogP contribution in [0.1, 0.15) is 12.0 Å². The molecule has 5 heteroatoms. The van der Waals surface area contributed by atoms with Crippen molar-refractivity contribution in [1.82, 2.24) is 0 Å². The molecule has 0 saturated heterocycles. The molecule has 1 aromatic carbocycles. The minimum Gasteiger partial charge on any atom is -0.224 e. The van der Waals surface area contributed by atoms with Crippen molar-refractivity contribution in [2.75, 3.05) is 12.1 Å². The molecular weight excluding hydrogens is 300 g/mol. The van der Waals surface area contributed by atoms with Crippen LogP contribution in [0.15, 0.2) is 27.6 Å². The van der Waals surface area contributed by atoms with Crippen LogP contribution >= 0.6 is 27.5 Å². The average molecular weight is 312 g/mol. The Labute approximate surface area is 104 Å². The summed E-state index contributed by atoms with van der Waals surface area (Å²) in [4.78, 5) is 0.391. The second-order valence-electron chi connectivity index (χ2n) is 3.32. The van der Waals surface area contributed by atoms with Crippen molar-refractivity contribution in [2.45, 2.75) is 17.7 Å². The van der Waals surface area contributed by atoms with Crippen molar-refractivity contribution in [3.8, 4) is 0 Å². The van der Waals surface area contributed by atoms with Crippen LogP contribution in [0, 0.1) is 0 Å². The van der Waals surface area contributed by atoms with E-state index in [4.69, 9.17) is 11.6 Å². The number of sulfone groups is 1. The van der Waals surface area contributed by atoms with Crippen LogP contribution < -0.4 is 0 Å². The van der Waals surface area contributed by atoms with Crippen LogP contribution in [-0.2, 0) is 16.3 Å². The second-order valence-corrected chi connectivity index (χ2v) is 6.59. The molecule has 84 valence electrons. The van der Waals surface area contributed by atoms with Crippen LogP contribution in [0.25, 0.3) is 0 Å². The molecule has 0 aromatic heterocycles. The van der Waals surface area contributed by atoms with Crippen LogP contribution in [0.5, 0.6) is 0 Å². The van der Waals surface area contributed by atoms with Crippen molar-refractivity contribution < 1.29 is 8.42 Å². The van der Waals surface area contributed by atoms with Crippen LogP contribution in [-0.4, -0.2) is 20.6 Å². The van der Waals surface area contributed by atoms with Gasteiger partial charge in [-0.25, -0.2) is 8.42 Å². The molecule has 0 saturated carbocycles. The first-order valence-corrected chi connectivity index (χ1v) is 7.71. The average Bonchev–Trinajstić information content (AvgIpc) is 2.14. The third-order valence-electron chi connectivity index (χ3n) is 2.01. The Hall–Kier alpha value is -0.0600. The molecule has 0 bridgehead atoms. The van der Waals surface area contributed by atoms with Crippen molar-refractivity contribution >= 4 is 37.4 Å². The molecule has 0 spiro atoms. The van der Waals surface area contributed by atoms with Gasteiger partial charge in [0, 0.05) is 16.6 Å². The van der Waals surface area contributed by atoms with Crippen LogP contribution in [0.2, 0.25) is 0 Å². The number of alkyl halides is 1. The SMILES string of the molecule is CS(=O)(=O)c1cc(Br)ccc1CCCCl. The molecule has 0 aliphatic carbocycles. The summed E-state index contributed by atoms with van der Waals surface area (Å²) in [7, 11) is -3.16. The Morgan fingerprint density at radius 1 is 1.40 bits per heavy atom. The lowest BCUT2D eigenvalue weighted by Gasteiger charge is -2.07. The molecule has 0 unspecified atom stereocenters. The Kier molecular flexibility index (Phi) is 4.62. The van der Waals surface area contributed by atoms with E-state index in [9.17, 15) is 8.42 Å². The molecule has 0 aliphatic rings. The minimum absolute atomic E-state index is 0.391. The van der Waals surface area contributed by atoms with Gasteiger partial charge in [0.2, 0.25) is 0 Å². The van der Waals surface area contributed by atoms with Gasteiger partial charge < -0.3 is 0 Å². The maximum atomic E-state index is 11.5. The van der Waals surface area contributed by atoms with E-state index >= 15 is 0 Å². The Morgan fingerprint density at radius 3 is 2.60 bits per heavy atom. The van der Waals surface area contributed by atoms with Crippen LogP contribution in [0.4, 0.5) is 0 Å². The van der Waals surface area contributed by atoms with E-state index in [-0.39, 0.29) is 0 Å². The largest absolute Gasteiger partial charge is 0.224 e. The van der Waals surface area contributed by atoms with Crippen molar-refractivity contribution in [3.63, 3.8) is 0 Å². The molecule has 0 amide bonds. The molecule has 0 N–H and O–H groups in total. The van der Waals surface area contributed by atoms with E-state index in [2.05, 4.69) is 15.9 Å². The first-order chi connectivity index (χ1) is 6.95. The highest BCUT2D eigenvalue weighted by Crippen LogP contribution is 2.22. The molecule has 0 aliphatic heterocycles. The predicted molar refractivity (Wildman–Crippen MR) is 66.3 cm³/mol. The summed E-state index contributed by atoms with van der Waals surface area (Å²) in [5, 5.41) is 0. The van der Waals surface area contributed by atoms with Gasteiger partial charge in [-0.3, -0.25) is 0 Å². The van der Waals surface area contributed by atoms with E-state index in [0.717, 1.165) is 16.5 Å². The molecular formula is C10H12BrClO2S. The molecule has 0 fully saturated rings.